The van der Waals surface area contributed by atoms with Gasteiger partial charge in [-0.2, -0.15) is 0 Å². The maximum Gasteiger partial charge on any atom is 0.0957 e. The average molecular weight is 262 g/mol. The van der Waals surface area contributed by atoms with Crippen LogP contribution in [0.4, 0.5) is 5.69 Å². The molecular formula is C16H26N2O. The van der Waals surface area contributed by atoms with Crippen molar-refractivity contribution in [1.82, 2.24) is 4.98 Å². The fraction of sp³-hybridized carbons (Fsp3) is 0.688. The van der Waals surface area contributed by atoms with Gasteiger partial charge in [-0.15, -0.1) is 0 Å². The first kappa shape index (κ1) is 14.3. The molecule has 2 atom stereocenters. The summed E-state index contributed by atoms with van der Waals surface area (Å²) in [6, 6.07) is 4.74. The molecule has 2 unspecified atom stereocenters. The van der Waals surface area contributed by atoms with Crippen molar-refractivity contribution in [2.45, 2.75) is 64.5 Å². The Hall–Kier alpha value is -1.09. The summed E-state index contributed by atoms with van der Waals surface area (Å²) in [6.45, 7) is 5.38. The summed E-state index contributed by atoms with van der Waals surface area (Å²) in [5.41, 5.74) is 2.00. The molecule has 0 spiro atoms. The van der Waals surface area contributed by atoms with Crippen LogP contribution in [0.5, 0.6) is 0 Å². The second-order valence-corrected chi connectivity index (χ2v) is 5.47. The summed E-state index contributed by atoms with van der Waals surface area (Å²) < 4.78 is 0. The predicted molar refractivity (Wildman–Crippen MR) is 79.4 cm³/mol. The van der Waals surface area contributed by atoms with Crippen LogP contribution >= 0.6 is 0 Å². The van der Waals surface area contributed by atoms with Crippen molar-refractivity contribution in [3.63, 3.8) is 0 Å². The van der Waals surface area contributed by atoms with E-state index in [1.165, 1.54) is 37.8 Å². The van der Waals surface area contributed by atoms with Crippen LogP contribution in [0.1, 0.15) is 64.2 Å². The number of anilines is 1. The zero-order valence-corrected chi connectivity index (χ0v) is 12.2. The van der Waals surface area contributed by atoms with E-state index >= 15 is 0 Å². The summed E-state index contributed by atoms with van der Waals surface area (Å²) in [4.78, 5) is 6.93. The molecule has 2 heterocycles. The fourth-order valence-electron chi connectivity index (χ4n) is 2.92. The summed E-state index contributed by atoms with van der Waals surface area (Å²) in [6.07, 6.45) is 8.66. The quantitative estimate of drug-likeness (QED) is 0.899. The molecule has 1 aliphatic rings. The van der Waals surface area contributed by atoms with Crippen molar-refractivity contribution in [3.8, 4) is 0 Å². The summed E-state index contributed by atoms with van der Waals surface area (Å²) in [5.74, 6) is 0. The van der Waals surface area contributed by atoms with Gasteiger partial charge in [-0.05, 0) is 37.8 Å². The second-order valence-electron chi connectivity index (χ2n) is 5.47. The third-order valence-electron chi connectivity index (χ3n) is 4.18. The zero-order chi connectivity index (χ0) is 13.7. The Labute approximate surface area is 116 Å². The van der Waals surface area contributed by atoms with Crippen molar-refractivity contribution < 1.29 is 5.11 Å². The molecule has 2 rings (SSSR count). The van der Waals surface area contributed by atoms with Crippen LogP contribution in [0.2, 0.25) is 0 Å². The molecule has 3 nitrogen and oxygen atoms in total. The predicted octanol–water partition coefficient (Wildman–Crippen LogP) is 3.68. The number of hydrogen-bond donors (Lipinski definition) is 1. The normalized spacial score (nSPS) is 22.1. The second kappa shape index (κ2) is 6.90. The molecule has 1 aromatic rings. The Kier molecular flexibility index (Phi) is 5.20. The molecule has 1 fully saturated rings. The molecule has 1 aliphatic heterocycles. The highest BCUT2D eigenvalue weighted by Gasteiger charge is 2.20. The molecule has 106 valence electrons. The van der Waals surface area contributed by atoms with Gasteiger partial charge in [-0.3, -0.25) is 4.98 Å². The largest absolute Gasteiger partial charge is 0.387 e. The van der Waals surface area contributed by atoms with E-state index in [4.69, 9.17) is 0 Å². The first-order valence-corrected chi connectivity index (χ1v) is 7.67. The Balaban J connectivity index is 2.14. The Bertz CT molecular complexity index is 377. The van der Waals surface area contributed by atoms with E-state index in [-0.39, 0.29) is 0 Å². The average Bonchev–Trinajstić information content (AvgIpc) is 2.71. The lowest BCUT2D eigenvalue weighted by molar-refractivity contribution is 0.169. The molecule has 0 saturated carbocycles. The highest BCUT2D eigenvalue weighted by atomic mass is 16.3. The smallest absolute Gasteiger partial charge is 0.0957 e. The Morgan fingerprint density at radius 1 is 1.32 bits per heavy atom. The van der Waals surface area contributed by atoms with Crippen LogP contribution < -0.4 is 4.90 Å². The van der Waals surface area contributed by atoms with Gasteiger partial charge < -0.3 is 10.0 Å². The van der Waals surface area contributed by atoms with Crippen LogP contribution in [0.25, 0.3) is 0 Å². The fourth-order valence-corrected chi connectivity index (χ4v) is 2.92. The van der Waals surface area contributed by atoms with Gasteiger partial charge in [-0.1, -0.05) is 26.7 Å². The van der Waals surface area contributed by atoms with Gasteiger partial charge in [0.15, 0.2) is 0 Å². The third kappa shape index (κ3) is 3.47. The van der Waals surface area contributed by atoms with E-state index in [0.29, 0.717) is 12.5 Å². The minimum absolute atomic E-state index is 0.430. The molecule has 1 saturated heterocycles. The van der Waals surface area contributed by atoms with Crippen molar-refractivity contribution in [3.05, 3.63) is 24.0 Å². The van der Waals surface area contributed by atoms with E-state index in [2.05, 4.69) is 22.9 Å². The summed E-state index contributed by atoms with van der Waals surface area (Å²) in [7, 11) is 0. The molecule has 1 N–H and O–H groups in total. The summed E-state index contributed by atoms with van der Waals surface area (Å²) >= 11 is 0. The van der Waals surface area contributed by atoms with Crippen molar-refractivity contribution in [2.75, 3.05) is 11.4 Å². The lowest BCUT2D eigenvalue weighted by atomic mass is 10.1. The highest BCUT2D eigenvalue weighted by molar-refractivity contribution is 5.46. The number of rotatable bonds is 4. The van der Waals surface area contributed by atoms with E-state index in [1.807, 2.05) is 19.2 Å². The zero-order valence-electron chi connectivity index (χ0n) is 12.2. The van der Waals surface area contributed by atoms with Gasteiger partial charge >= 0.3 is 0 Å². The number of aliphatic hydroxyl groups is 1. The van der Waals surface area contributed by atoms with Crippen LogP contribution in [0.3, 0.4) is 0 Å². The van der Waals surface area contributed by atoms with Crippen LogP contribution in [0.15, 0.2) is 18.3 Å². The van der Waals surface area contributed by atoms with E-state index in [0.717, 1.165) is 12.2 Å². The van der Waals surface area contributed by atoms with E-state index in [9.17, 15) is 5.11 Å². The molecule has 0 amide bonds. The molecule has 0 radical (unpaired) electrons. The topological polar surface area (TPSA) is 36.4 Å². The molecule has 3 heteroatoms. The maximum atomic E-state index is 9.80. The number of hydrogen-bond acceptors (Lipinski definition) is 3. The van der Waals surface area contributed by atoms with Crippen molar-refractivity contribution in [2.24, 2.45) is 0 Å². The monoisotopic (exact) mass is 262 g/mol. The highest BCUT2D eigenvalue weighted by Crippen LogP contribution is 2.26. The maximum absolute atomic E-state index is 9.80. The van der Waals surface area contributed by atoms with Crippen LogP contribution in [-0.4, -0.2) is 22.7 Å². The molecule has 1 aromatic heterocycles. The molecular weight excluding hydrogens is 236 g/mol. The minimum atomic E-state index is -0.430. The summed E-state index contributed by atoms with van der Waals surface area (Å²) in [5, 5.41) is 9.80. The van der Waals surface area contributed by atoms with Crippen molar-refractivity contribution in [1.29, 1.82) is 0 Å². The Morgan fingerprint density at radius 3 is 2.79 bits per heavy atom. The third-order valence-corrected chi connectivity index (χ3v) is 4.18. The number of aliphatic hydroxyl groups excluding tert-OH is 1. The Morgan fingerprint density at radius 2 is 2.16 bits per heavy atom. The van der Waals surface area contributed by atoms with Gasteiger partial charge in [0, 0.05) is 12.6 Å². The minimum Gasteiger partial charge on any atom is -0.387 e. The first-order valence-electron chi connectivity index (χ1n) is 7.67. The first-order chi connectivity index (χ1) is 9.26. The van der Waals surface area contributed by atoms with E-state index in [1.54, 1.807) is 0 Å². The van der Waals surface area contributed by atoms with Gasteiger partial charge in [0.2, 0.25) is 0 Å². The number of nitrogens with zero attached hydrogens (tertiary/aromatic N) is 2. The molecule has 0 aliphatic carbocycles. The van der Waals surface area contributed by atoms with Gasteiger partial charge in [0.25, 0.3) is 0 Å². The van der Waals surface area contributed by atoms with Gasteiger partial charge in [0.1, 0.15) is 0 Å². The SMILES string of the molecule is CCC(O)c1ccc(N2CCCCCC2CC)cn1. The van der Waals surface area contributed by atoms with Crippen LogP contribution in [-0.2, 0) is 0 Å². The number of pyridine rings is 1. The van der Waals surface area contributed by atoms with Crippen LogP contribution in [0, 0.1) is 0 Å². The molecule has 0 bridgehead atoms. The lowest BCUT2D eigenvalue weighted by Crippen LogP contribution is -2.34. The van der Waals surface area contributed by atoms with E-state index < -0.39 is 6.10 Å². The van der Waals surface area contributed by atoms with Gasteiger partial charge in [-0.25, -0.2) is 0 Å². The van der Waals surface area contributed by atoms with Gasteiger partial charge in [0.05, 0.1) is 23.7 Å². The van der Waals surface area contributed by atoms with Crippen molar-refractivity contribution >= 4 is 5.69 Å². The number of aromatic nitrogens is 1. The standard InChI is InChI=1S/C16H26N2O/c1-3-13-8-6-5-7-11-18(13)14-9-10-15(17-12-14)16(19)4-2/h9-10,12-13,16,19H,3-8,11H2,1-2H3. The lowest BCUT2D eigenvalue weighted by Gasteiger charge is -2.31. The molecule has 19 heavy (non-hydrogen) atoms. The molecule has 0 aromatic carbocycles.